The van der Waals surface area contributed by atoms with Gasteiger partial charge in [-0.05, 0) is 43.9 Å². The van der Waals surface area contributed by atoms with Crippen LogP contribution < -0.4 is 0 Å². The van der Waals surface area contributed by atoms with Crippen LogP contribution in [0.2, 0.25) is 0 Å². The minimum absolute atomic E-state index is 0.294. The van der Waals surface area contributed by atoms with E-state index in [0.29, 0.717) is 29.8 Å². The normalized spacial score (nSPS) is 38.5. The summed E-state index contributed by atoms with van der Waals surface area (Å²) in [6.45, 7) is 3.90. The Kier molecular flexibility index (Phi) is 4.32. The molecule has 4 heteroatoms. The number of unbranched alkanes of at least 4 members (excludes halogenated alkanes) is 1. The van der Waals surface area contributed by atoms with Crippen LogP contribution in [-0.2, 0) is 4.79 Å². The number of carbonyl (C=O) groups is 1. The van der Waals surface area contributed by atoms with Crippen molar-refractivity contribution in [2.24, 2.45) is 11.8 Å². The van der Waals surface area contributed by atoms with E-state index in [1.807, 2.05) is 0 Å². The number of piperidine rings is 3. The van der Waals surface area contributed by atoms with Gasteiger partial charge in [0.2, 0.25) is 5.91 Å². The van der Waals surface area contributed by atoms with Crippen molar-refractivity contribution in [2.45, 2.75) is 70.4 Å². The zero-order chi connectivity index (χ0) is 14.1. The summed E-state index contributed by atoms with van der Waals surface area (Å²) in [7, 11) is 0. The molecule has 1 N–H and O–H groups in total. The molecule has 3 saturated heterocycles. The molecule has 3 aliphatic rings. The molecule has 0 aliphatic carbocycles. The SMILES string of the molecule is CCCCC1CN2C(=O)CCC[C@@H]2[C@H]2CCCN(O)C12. The van der Waals surface area contributed by atoms with Gasteiger partial charge in [-0.25, -0.2) is 0 Å². The molecule has 4 nitrogen and oxygen atoms in total. The van der Waals surface area contributed by atoms with Crippen molar-refractivity contribution in [3.63, 3.8) is 0 Å². The van der Waals surface area contributed by atoms with Crippen LogP contribution in [0.1, 0.15) is 58.3 Å². The first-order valence-corrected chi connectivity index (χ1v) is 8.47. The zero-order valence-electron chi connectivity index (χ0n) is 12.6. The molecule has 0 aromatic rings. The van der Waals surface area contributed by atoms with E-state index in [-0.39, 0.29) is 0 Å². The van der Waals surface area contributed by atoms with Crippen molar-refractivity contribution < 1.29 is 10.0 Å². The van der Waals surface area contributed by atoms with Crippen LogP contribution in [-0.4, -0.2) is 46.3 Å². The maximum Gasteiger partial charge on any atom is 0.222 e. The lowest BCUT2D eigenvalue weighted by Crippen LogP contribution is -2.64. The standard InChI is InChI=1S/C16H28N2O2/c1-2-3-6-12-11-17-14(8-4-9-15(17)19)13-7-5-10-18(20)16(12)13/h12-14,16,20H,2-11H2,1H3/t12?,13-,14-,16?/m1/s1. The van der Waals surface area contributed by atoms with Gasteiger partial charge in [0.1, 0.15) is 0 Å². The van der Waals surface area contributed by atoms with Crippen molar-refractivity contribution in [1.82, 2.24) is 9.96 Å². The van der Waals surface area contributed by atoms with E-state index >= 15 is 0 Å². The molecule has 3 aliphatic heterocycles. The summed E-state index contributed by atoms with van der Waals surface area (Å²) < 4.78 is 0. The van der Waals surface area contributed by atoms with Crippen LogP contribution in [0.5, 0.6) is 0 Å². The number of rotatable bonds is 3. The third-order valence-corrected chi connectivity index (χ3v) is 5.66. The van der Waals surface area contributed by atoms with Gasteiger partial charge in [-0.3, -0.25) is 4.79 Å². The molecule has 114 valence electrons. The predicted molar refractivity (Wildman–Crippen MR) is 77.4 cm³/mol. The highest BCUT2D eigenvalue weighted by Gasteiger charge is 2.49. The molecule has 3 rings (SSSR count). The van der Waals surface area contributed by atoms with Crippen LogP contribution in [0.3, 0.4) is 0 Å². The topological polar surface area (TPSA) is 43.8 Å². The maximum atomic E-state index is 12.3. The molecular formula is C16H28N2O2. The van der Waals surface area contributed by atoms with Crippen molar-refractivity contribution in [1.29, 1.82) is 0 Å². The molecular weight excluding hydrogens is 252 g/mol. The van der Waals surface area contributed by atoms with Gasteiger partial charge < -0.3 is 10.1 Å². The quantitative estimate of drug-likeness (QED) is 0.864. The smallest absolute Gasteiger partial charge is 0.222 e. The predicted octanol–water partition coefficient (Wildman–Crippen LogP) is 2.66. The van der Waals surface area contributed by atoms with Crippen LogP contribution in [0.4, 0.5) is 0 Å². The van der Waals surface area contributed by atoms with E-state index in [2.05, 4.69) is 11.8 Å². The molecule has 2 unspecified atom stereocenters. The van der Waals surface area contributed by atoms with Crippen LogP contribution in [0.15, 0.2) is 0 Å². The number of amides is 1. The molecule has 4 atom stereocenters. The minimum atomic E-state index is 0.294. The molecule has 1 amide bonds. The zero-order valence-corrected chi connectivity index (χ0v) is 12.6. The number of carbonyl (C=O) groups excluding carboxylic acids is 1. The van der Waals surface area contributed by atoms with Crippen molar-refractivity contribution in [3.05, 3.63) is 0 Å². The lowest BCUT2D eigenvalue weighted by atomic mass is 9.70. The lowest BCUT2D eigenvalue weighted by molar-refractivity contribution is -0.205. The van der Waals surface area contributed by atoms with Crippen molar-refractivity contribution in [3.8, 4) is 0 Å². The first-order chi connectivity index (χ1) is 9.72. The van der Waals surface area contributed by atoms with Gasteiger partial charge in [-0.1, -0.05) is 19.8 Å². The average molecular weight is 280 g/mol. The van der Waals surface area contributed by atoms with Gasteiger partial charge >= 0.3 is 0 Å². The highest BCUT2D eigenvalue weighted by atomic mass is 16.5. The Bertz CT molecular complexity index is 360. The fraction of sp³-hybridized carbons (Fsp3) is 0.938. The van der Waals surface area contributed by atoms with E-state index in [1.54, 1.807) is 5.06 Å². The monoisotopic (exact) mass is 280 g/mol. The number of nitrogens with zero attached hydrogens (tertiary/aromatic N) is 2. The first kappa shape index (κ1) is 14.3. The van der Waals surface area contributed by atoms with E-state index in [4.69, 9.17) is 0 Å². The molecule has 0 spiro atoms. The Morgan fingerprint density at radius 1 is 1.30 bits per heavy atom. The Morgan fingerprint density at radius 2 is 2.15 bits per heavy atom. The summed E-state index contributed by atoms with van der Waals surface area (Å²) in [5.74, 6) is 1.31. The fourth-order valence-electron chi connectivity index (χ4n) is 4.76. The Morgan fingerprint density at radius 3 is 2.95 bits per heavy atom. The van der Waals surface area contributed by atoms with Gasteiger partial charge in [0.05, 0.1) is 0 Å². The maximum absolute atomic E-state index is 12.3. The van der Waals surface area contributed by atoms with Crippen LogP contribution in [0.25, 0.3) is 0 Å². The van der Waals surface area contributed by atoms with E-state index < -0.39 is 0 Å². The summed E-state index contributed by atoms with van der Waals surface area (Å²) >= 11 is 0. The Labute approximate surface area is 122 Å². The lowest BCUT2D eigenvalue weighted by Gasteiger charge is -2.55. The van der Waals surface area contributed by atoms with Gasteiger partial charge in [0.15, 0.2) is 0 Å². The van der Waals surface area contributed by atoms with E-state index in [0.717, 1.165) is 45.2 Å². The second-order valence-electron chi connectivity index (χ2n) is 6.87. The van der Waals surface area contributed by atoms with Gasteiger partial charge in [0.25, 0.3) is 0 Å². The summed E-state index contributed by atoms with van der Waals surface area (Å²) in [6.07, 6.45) is 8.69. The number of hydroxylamine groups is 2. The highest BCUT2D eigenvalue weighted by Crippen LogP contribution is 2.42. The first-order valence-electron chi connectivity index (χ1n) is 8.47. The highest BCUT2D eigenvalue weighted by molar-refractivity contribution is 5.77. The molecule has 0 saturated carbocycles. The number of fused-ring (bicyclic) bond motifs is 3. The molecule has 3 heterocycles. The van der Waals surface area contributed by atoms with E-state index in [9.17, 15) is 10.0 Å². The van der Waals surface area contributed by atoms with Crippen LogP contribution in [0, 0.1) is 11.8 Å². The van der Waals surface area contributed by atoms with Gasteiger partial charge in [-0.15, -0.1) is 0 Å². The minimum Gasteiger partial charge on any atom is -0.339 e. The molecule has 3 fully saturated rings. The average Bonchev–Trinajstić information content (AvgIpc) is 2.46. The second-order valence-corrected chi connectivity index (χ2v) is 6.87. The largest absolute Gasteiger partial charge is 0.339 e. The number of hydrogen-bond acceptors (Lipinski definition) is 3. The summed E-state index contributed by atoms with van der Waals surface area (Å²) in [4.78, 5) is 14.4. The molecule has 0 bridgehead atoms. The van der Waals surface area contributed by atoms with Crippen molar-refractivity contribution in [2.75, 3.05) is 13.1 Å². The molecule has 0 aromatic carbocycles. The van der Waals surface area contributed by atoms with Crippen molar-refractivity contribution >= 4 is 5.91 Å². The second kappa shape index (κ2) is 6.02. The van der Waals surface area contributed by atoms with Gasteiger partial charge in [-0.2, -0.15) is 5.06 Å². The molecule has 0 radical (unpaired) electrons. The number of hydrogen-bond donors (Lipinski definition) is 1. The van der Waals surface area contributed by atoms with E-state index in [1.165, 1.54) is 19.3 Å². The molecule has 20 heavy (non-hydrogen) atoms. The van der Waals surface area contributed by atoms with Gasteiger partial charge in [0, 0.05) is 31.6 Å². The molecule has 0 aromatic heterocycles. The summed E-state index contributed by atoms with van der Waals surface area (Å²) in [5, 5.41) is 12.0. The third-order valence-electron chi connectivity index (χ3n) is 5.66. The third kappa shape index (κ3) is 2.48. The summed E-state index contributed by atoms with van der Waals surface area (Å²) in [6, 6.07) is 0.691. The Hall–Kier alpha value is -0.610. The fourth-order valence-corrected chi connectivity index (χ4v) is 4.76. The Balaban J connectivity index is 1.82. The van der Waals surface area contributed by atoms with Crippen LogP contribution >= 0.6 is 0 Å². The summed E-state index contributed by atoms with van der Waals surface area (Å²) in [5.41, 5.74) is 0.